The molecule has 2 N–H and O–H groups in total. The zero-order valence-electron chi connectivity index (χ0n) is 14.9. The third-order valence-corrected chi connectivity index (χ3v) is 5.50. The number of hydrogen-bond acceptors (Lipinski definition) is 4. The molecule has 0 aromatic heterocycles. The van der Waals surface area contributed by atoms with Crippen molar-refractivity contribution in [2.75, 3.05) is 6.61 Å². The van der Waals surface area contributed by atoms with Crippen LogP contribution >= 0.6 is 0 Å². The van der Waals surface area contributed by atoms with Crippen LogP contribution in [0.3, 0.4) is 0 Å². The Labute approximate surface area is 154 Å². The fraction of sp³-hybridized carbons (Fsp3) is 0.364. The van der Waals surface area contributed by atoms with E-state index in [-0.39, 0.29) is 17.4 Å². The Morgan fingerprint density at radius 2 is 1.77 bits per heavy atom. The molecule has 1 aliphatic carbocycles. The fourth-order valence-corrected chi connectivity index (χ4v) is 3.85. The van der Waals surface area contributed by atoms with E-state index in [9.17, 15) is 5.11 Å². The van der Waals surface area contributed by atoms with E-state index in [2.05, 4.69) is 36.2 Å². The molecule has 2 aromatic rings. The molecular formula is C22H25NO3. The zero-order chi connectivity index (χ0) is 18.0. The monoisotopic (exact) mass is 351 g/mol. The average molecular weight is 351 g/mol. The van der Waals surface area contributed by atoms with Crippen molar-refractivity contribution in [2.45, 2.75) is 43.9 Å². The Hall–Kier alpha value is -2.46. The first-order chi connectivity index (χ1) is 12.7. The van der Waals surface area contributed by atoms with Gasteiger partial charge in [-0.2, -0.15) is 0 Å². The quantitative estimate of drug-likeness (QED) is 0.769. The van der Waals surface area contributed by atoms with E-state index in [1.165, 1.54) is 5.56 Å². The summed E-state index contributed by atoms with van der Waals surface area (Å²) in [4.78, 5) is 0. The number of aliphatic hydroxyl groups is 1. The Kier molecular flexibility index (Phi) is 4.60. The molecule has 0 bridgehead atoms. The summed E-state index contributed by atoms with van der Waals surface area (Å²) < 4.78 is 11.9. The van der Waals surface area contributed by atoms with E-state index in [4.69, 9.17) is 9.47 Å². The van der Waals surface area contributed by atoms with Gasteiger partial charge in [0.05, 0.1) is 5.54 Å². The number of rotatable bonds is 5. The third-order valence-electron chi connectivity index (χ3n) is 5.50. The van der Waals surface area contributed by atoms with Gasteiger partial charge >= 0.3 is 0 Å². The van der Waals surface area contributed by atoms with Crippen LogP contribution in [-0.4, -0.2) is 17.3 Å². The second kappa shape index (κ2) is 7.04. The van der Waals surface area contributed by atoms with Gasteiger partial charge in [0.1, 0.15) is 12.4 Å². The molecule has 26 heavy (non-hydrogen) atoms. The topological polar surface area (TPSA) is 50.7 Å². The average Bonchev–Trinajstić information content (AvgIpc) is 3.17. The number of hydrogen-bond donors (Lipinski definition) is 2. The number of ether oxygens (including phenoxy) is 2. The van der Waals surface area contributed by atoms with E-state index >= 15 is 0 Å². The van der Waals surface area contributed by atoms with Crippen LogP contribution in [0.25, 0.3) is 0 Å². The van der Waals surface area contributed by atoms with Gasteiger partial charge in [0.15, 0.2) is 17.6 Å². The van der Waals surface area contributed by atoms with Crippen LogP contribution in [0, 0.1) is 0 Å². The lowest BCUT2D eigenvalue weighted by Crippen LogP contribution is -2.43. The summed E-state index contributed by atoms with van der Waals surface area (Å²) in [6.07, 6.45) is 4.07. The van der Waals surface area contributed by atoms with Gasteiger partial charge in [0, 0.05) is 6.54 Å². The molecule has 4 nitrogen and oxygen atoms in total. The molecule has 4 rings (SSSR count). The Bertz CT molecular complexity index is 778. The SMILES string of the molecule is C=C(O)C1(NCc2ccc([C@H]3COc4ccccc4O3)cc2)CCCC1. The molecule has 2 aromatic carbocycles. The van der Waals surface area contributed by atoms with Crippen molar-refractivity contribution in [1.29, 1.82) is 0 Å². The smallest absolute Gasteiger partial charge is 0.162 e. The van der Waals surface area contributed by atoms with E-state index < -0.39 is 0 Å². The first-order valence-electron chi connectivity index (χ1n) is 9.27. The summed E-state index contributed by atoms with van der Waals surface area (Å²) in [5.74, 6) is 1.85. The zero-order valence-corrected chi connectivity index (χ0v) is 14.9. The maximum atomic E-state index is 9.99. The number of benzene rings is 2. The van der Waals surface area contributed by atoms with E-state index in [1.54, 1.807) is 0 Å². The fourth-order valence-electron chi connectivity index (χ4n) is 3.85. The maximum Gasteiger partial charge on any atom is 0.162 e. The molecule has 0 radical (unpaired) electrons. The normalized spacial score (nSPS) is 20.7. The molecule has 136 valence electrons. The number of para-hydroxylation sites is 2. The molecule has 0 saturated heterocycles. The second-order valence-corrected chi connectivity index (χ2v) is 7.20. The second-order valence-electron chi connectivity index (χ2n) is 7.20. The van der Waals surface area contributed by atoms with Crippen LogP contribution in [0.5, 0.6) is 11.5 Å². The summed E-state index contributed by atoms with van der Waals surface area (Å²) >= 11 is 0. The number of aliphatic hydroxyl groups excluding tert-OH is 1. The molecule has 1 aliphatic heterocycles. The van der Waals surface area contributed by atoms with Gasteiger partial charge < -0.3 is 19.9 Å². The lowest BCUT2D eigenvalue weighted by molar-refractivity contribution is 0.0913. The highest BCUT2D eigenvalue weighted by atomic mass is 16.6. The molecule has 0 unspecified atom stereocenters. The van der Waals surface area contributed by atoms with Gasteiger partial charge in [0.2, 0.25) is 0 Å². The van der Waals surface area contributed by atoms with E-state index in [1.807, 2.05) is 24.3 Å². The van der Waals surface area contributed by atoms with E-state index in [0.717, 1.165) is 42.7 Å². The van der Waals surface area contributed by atoms with Crippen LogP contribution in [0.4, 0.5) is 0 Å². The minimum Gasteiger partial charge on any atom is -0.511 e. The molecule has 1 heterocycles. The maximum absolute atomic E-state index is 9.99. The highest BCUT2D eigenvalue weighted by Crippen LogP contribution is 2.36. The number of fused-ring (bicyclic) bond motifs is 1. The van der Waals surface area contributed by atoms with Crippen LogP contribution in [0.15, 0.2) is 60.9 Å². The van der Waals surface area contributed by atoms with Gasteiger partial charge in [-0.1, -0.05) is 55.8 Å². The molecular weight excluding hydrogens is 326 g/mol. The standard InChI is InChI=1S/C22H25NO3/c1-16(24)22(12-4-5-13-22)23-14-17-8-10-18(11-9-17)21-15-25-19-6-2-3-7-20(19)26-21/h2-3,6-11,21,23-24H,1,4-5,12-15H2/t21-/m1/s1. The summed E-state index contributed by atoms with van der Waals surface area (Å²) in [7, 11) is 0. The summed E-state index contributed by atoms with van der Waals surface area (Å²) in [6.45, 7) is 5.01. The lowest BCUT2D eigenvalue weighted by Gasteiger charge is -2.29. The van der Waals surface area contributed by atoms with Gasteiger partial charge in [-0.25, -0.2) is 0 Å². The van der Waals surface area contributed by atoms with Crippen molar-refractivity contribution in [2.24, 2.45) is 0 Å². The van der Waals surface area contributed by atoms with Crippen LogP contribution in [0.2, 0.25) is 0 Å². The highest BCUT2D eigenvalue weighted by Gasteiger charge is 2.36. The molecule has 2 aliphatic rings. The molecule has 0 spiro atoms. The van der Waals surface area contributed by atoms with Gasteiger partial charge in [-0.3, -0.25) is 0 Å². The van der Waals surface area contributed by atoms with Crippen molar-refractivity contribution >= 4 is 0 Å². The minimum absolute atomic E-state index is 0.0923. The lowest BCUT2D eigenvalue weighted by atomic mass is 9.95. The Morgan fingerprint density at radius 3 is 2.46 bits per heavy atom. The molecule has 1 atom stereocenters. The highest BCUT2D eigenvalue weighted by molar-refractivity contribution is 5.41. The van der Waals surface area contributed by atoms with Gasteiger partial charge in [-0.05, 0) is 36.1 Å². The van der Waals surface area contributed by atoms with E-state index in [0.29, 0.717) is 13.2 Å². The minimum atomic E-state index is -0.317. The van der Waals surface area contributed by atoms with Gasteiger partial charge in [0.25, 0.3) is 0 Å². The predicted molar refractivity (Wildman–Crippen MR) is 102 cm³/mol. The van der Waals surface area contributed by atoms with Crippen LogP contribution < -0.4 is 14.8 Å². The number of nitrogens with one attached hydrogen (secondary N) is 1. The van der Waals surface area contributed by atoms with Crippen molar-refractivity contribution in [1.82, 2.24) is 5.32 Å². The first kappa shape index (κ1) is 17.0. The van der Waals surface area contributed by atoms with Crippen molar-refractivity contribution in [3.8, 4) is 11.5 Å². The van der Waals surface area contributed by atoms with Crippen molar-refractivity contribution in [3.63, 3.8) is 0 Å². The summed E-state index contributed by atoms with van der Waals surface area (Å²) in [5.41, 5.74) is 1.96. The summed E-state index contributed by atoms with van der Waals surface area (Å²) in [5, 5.41) is 13.5. The molecule has 1 saturated carbocycles. The predicted octanol–water partition coefficient (Wildman–Crippen LogP) is 4.67. The molecule has 0 amide bonds. The van der Waals surface area contributed by atoms with Crippen molar-refractivity contribution in [3.05, 3.63) is 72.0 Å². The van der Waals surface area contributed by atoms with Gasteiger partial charge in [-0.15, -0.1) is 0 Å². The Morgan fingerprint density at radius 1 is 1.08 bits per heavy atom. The molecule has 1 fully saturated rings. The summed E-state index contributed by atoms with van der Waals surface area (Å²) in [6, 6.07) is 16.2. The largest absolute Gasteiger partial charge is 0.511 e. The first-order valence-corrected chi connectivity index (χ1v) is 9.27. The van der Waals surface area contributed by atoms with Crippen molar-refractivity contribution < 1.29 is 14.6 Å². The van der Waals surface area contributed by atoms with Crippen LogP contribution in [0.1, 0.15) is 42.9 Å². The Balaban J connectivity index is 1.40. The third kappa shape index (κ3) is 3.29. The molecule has 4 heteroatoms. The van der Waals surface area contributed by atoms with Crippen LogP contribution in [-0.2, 0) is 6.54 Å².